The molecule has 38 valence electrons. The summed E-state index contributed by atoms with van der Waals surface area (Å²) in [6.45, 7) is 4.05. The van der Waals surface area contributed by atoms with E-state index in [0.717, 1.165) is 12.3 Å². The molecule has 0 rings (SSSR count). The third-order valence-corrected chi connectivity index (χ3v) is 2.45. The lowest BCUT2D eigenvalue weighted by Crippen LogP contribution is -1.76. The van der Waals surface area contributed by atoms with Crippen molar-refractivity contribution in [2.24, 2.45) is 0 Å². The molecule has 0 saturated carbocycles. The first kappa shape index (κ1) is 6.39. The number of rotatable bonds is 2. The molecule has 0 fully saturated rings. The SMILES string of the molecule is CC[PH+](O)CC. The monoisotopic (exact) mass is 107 g/mol. The molecule has 2 heteroatoms. The minimum absolute atomic E-state index is 0.868. The second kappa shape index (κ2) is 3.58. The van der Waals surface area contributed by atoms with Gasteiger partial charge < -0.3 is 0 Å². The van der Waals surface area contributed by atoms with Gasteiger partial charge in [0.2, 0.25) is 0 Å². The van der Waals surface area contributed by atoms with E-state index in [9.17, 15) is 0 Å². The molecule has 0 heterocycles. The Hall–Kier alpha value is 0.390. The molecule has 1 nitrogen and oxygen atoms in total. The summed E-state index contributed by atoms with van der Waals surface area (Å²) in [6, 6.07) is 0. The molecule has 0 aliphatic rings. The lowest BCUT2D eigenvalue weighted by atomic mass is 11.0. The van der Waals surface area contributed by atoms with Gasteiger partial charge in [0, 0.05) is 0 Å². The minimum atomic E-state index is -0.868. The van der Waals surface area contributed by atoms with Crippen molar-refractivity contribution in [1.82, 2.24) is 0 Å². The van der Waals surface area contributed by atoms with Crippen LogP contribution in [-0.4, -0.2) is 17.2 Å². The average Bonchev–Trinajstić information content (AvgIpc) is 1.65. The zero-order chi connectivity index (χ0) is 4.99. The first-order chi connectivity index (χ1) is 2.81. The second-order valence-corrected chi connectivity index (χ2v) is 3.82. The zero-order valence-electron chi connectivity index (χ0n) is 4.36. The summed E-state index contributed by atoms with van der Waals surface area (Å²) in [5.74, 6) is 0. The molecule has 0 unspecified atom stereocenters. The van der Waals surface area contributed by atoms with Crippen LogP contribution in [0.4, 0.5) is 0 Å². The minimum Gasteiger partial charge on any atom is -0.254 e. The van der Waals surface area contributed by atoms with Crippen molar-refractivity contribution in [3.8, 4) is 0 Å². The Labute approximate surface area is 40.2 Å². The molecule has 1 N–H and O–H groups in total. The lowest BCUT2D eigenvalue weighted by Gasteiger charge is -1.88. The van der Waals surface area contributed by atoms with Crippen LogP contribution in [0.25, 0.3) is 0 Å². The molecule has 0 spiro atoms. The van der Waals surface area contributed by atoms with E-state index >= 15 is 0 Å². The normalized spacial score (nSPS) is 10.0. The second-order valence-electron chi connectivity index (χ2n) is 1.27. The van der Waals surface area contributed by atoms with E-state index in [2.05, 4.69) is 0 Å². The molecule has 0 saturated heterocycles. The first-order valence-electron chi connectivity index (χ1n) is 2.34. The van der Waals surface area contributed by atoms with Gasteiger partial charge in [0.05, 0.1) is 12.3 Å². The fraction of sp³-hybridized carbons (Fsp3) is 1.00. The lowest BCUT2D eigenvalue weighted by molar-refractivity contribution is 0.626. The highest BCUT2D eigenvalue weighted by Crippen LogP contribution is 2.26. The Bertz CT molecular complexity index is 26.7. The molecule has 0 amide bonds. The van der Waals surface area contributed by atoms with E-state index in [1.54, 1.807) is 0 Å². The van der Waals surface area contributed by atoms with Crippen molar-refractivity contribution in [2.75, 3.05) is 12.3 Å². The van der Waals surface area contributed by atoms with E-state index in [1.807, 2.05) is 13.8 Å². The van der Waals surface area contributed by atoms with Crippen LogP contribution in [-0.2, 0) is 0 Å². The fourth-order valence-corrected chi connectivity index (χ4v) is 0.750. The van der Waals surface area contributed by atoms with Crippen molar-refractivity contribution < 1.29 is 4.89 Å². The Morgan fingerprint density at radius 2 is 1.67 bits per heavy atom. The summed E-state index contributed by atoms with van der Waals surface area (Å²) in [4.78, 5) is 8.77. The van der Waals surface area contributed by atoms with Crippen molar-refractivity contribution in [3.05, 3.63) is 0 Å². The molecule has 0 bridgehead atoms. The third-order valence-electron chi connectivity index (χ3n) is 0.816. The molecule has 0 aromatic heterocycles. The van der Waals surface area contributed by atoms with Crippen LogP contribution in [0.3, 0.4) is 0 Å². The molecule has 0 aromatic carbocycles. The Morgan fingerprint density at radius 1 is 1.33 bits per heavy atom. The van der Waals surface area contributed by atoms with Crippen molar-refractivity contribution >= 4 is 8.15 Å². The summed E-state index contributed by atoms with van der Waals surface area (Å²) in [5, 5.41) is 0. The predicted molar refractivity (Wildman–Crippen MR) is 31.6 cm³/mol. The molecule has 0 aliphatic carbocycles. The Kier molecular flexibility index (Phi) is 3.81. The average molecular weight is 107 g/mol. The number of hydrogen-bond acceptors (Lipinski definition) is 1. The van der Waals surface area contributed by atoms with Gasteiger partial charge in [-0.25, -0.2) is 0 Å². The van der Waals surface area contributed by atoms with E-state index in [1.165, 1.54) is 0 Å². The van der Waals surface area contributed by atoms with E-state index < -0.39 is 8.15 Å². The van der Waals surface area contributed by atoms with Crippen LogP contribution < -0.4 is 0 Å². The molecular weight excluding hydrogens is 95.0 g/mol. The Balaban J connectivity index is 2.75. The summed E-state index contributed by atoms with van der Waals surface area (Å²) < 4.78 is 0. The maximum atomic E-state index is 8.77. The van der Waals surface area contributed by atoms with Crippen molar-refractivity contribution in [2.45, 2.75) is 13.8 Å². The van der Waals surface area contributed by atoms with Crippen LogP contribution >= 0.6 is 8.15 Å². The van der Waals surface area contributed by atoms with E-state index in [4.69, 9.17) is 4.89 Å². The largest absolute Gasteiger partial charge is 0.254 e. The van der Waals surface area contributed by atoms with Crippen LogP contribution in [0.1, 0.15) is 13.8 Å². The van der Waals surface area contributed by atoms with E-state index in [0.29, 0.717) is 0 Å². The highest BCUT2D eigenvalue weighted by Gasteiger charge is 1.99. The first-order valence-corrected chi connectivity index (χ1v) is 4.21. The summed E-state index contributed by atoms with van der Waals surface area (Å²) >= 11 is 0. The summed E-state index contributed by atoms with van der Waals surface area (Å²) in [7, 11) is -0.868. The molecule has 0 aromatic rings. The molecule has 0 atom stereocenters. The van der Waals surface area contributed by atoms with Gasteiger partial charge >= 0.3 is 0 Å². The van der Waals surface area contributed by atoms with Gasteiger partial charge in [-0.1, -0.05) is 0 Å². The Morgan fingerprint density at radius 3 is 1.67 bits per heavy atom. The standard InChI is InChI=1S/C4H11OP/c1-3-6(5)4-2/h5H,3-4H2,1-2H3/p+1. The van der Waals surface area contributed by atoms with Gasteiger partial charge in [0.15, 0.2) is 0 Å². The van der Waals surface area contributed by atoms with Crippen LogP contribution in [0.15, 0.2) is 0 Å². The quantitative estimate of drug-likeness (QED) is 0.525. The number of hydrogen-bond donors (Lipinski definition) is 1. The van der Waals surface area contributed by atoms with Crippen LogP contribution in [0, 0.1) is 0 Å². The molecule has 0 radical (unpaired) electrons. The summed E-state index contributed by atoms with van der Waals surface area (Å²) in [5.41, 5.74) is 0. The molecule has 6 heavy (non-hydrogen) atoms. The van der Waals surface area contributed by atoms with Crippen molar-refractivity contribution in [1.29, 1.82) is 0 Å². The highest BCUT2D eigenvalue weighted by molar-refractivity contribution is 7.51. The molecule has 0 aliphatic heterocycles. The van der Waals surface area contributed by atoms with Crippen molar-refractivity contribution in [3.63, 3.8) is 0 Å². The molecular formula is C4H12OP+. The smallest absolute Gasteiger partial charge is 0.128 e. The van der Waals surface area contributed by atoms with Gasteiger partial charge in [0.1, 0.15) is 8.15 Å². The highest BCUT2D eigenvalue weighted by atomic mass is 31.1. The van der Waals surface area contributed by atoms with Gasteiger partial charge in [-0.3, -0.25) is 4.89 Å². The van der Waals surface area contributed by atoms with E-state index in [-0.39, 0.29) is 0 Å². The van der Waals surface area contributed by atoms with Gasteiger partial charge in [-0.15, -0.1) is 0 Å². The van der Waals surface area contributed by atoms with Gasteiger partial charge in [-0.05, 0) is 13.8 Å². The fourth-order valence-electron chi connectivity index (χ4n) is 0.250. The van der Waals surface area contributed by atoms with Gasteiger partial charge in [0.25, 0.3) is 0 Å². The van der Waals surface area contributed by atoms with Gasteiger partial charge in [-0.2, -0.15) is 0 Å². The van der Waals surface area contributed by atoms with Crippen LogP contribution in [0.5, 0.6) is 0 Å². The maximum Gasteiger partial charge on any atom is 0.128 e. The summed E-state index contributed by atoms with van der Waals surface area (Å²) in [6.07, 6.45) is 1.97. The third kappa shape index (κ3) is 2.62. The predicted octanol–water partition coefficient (Wildman–Crippen LogP) is 1.15. The topological polar surface area (TPSA) is 20.2 Å². The maximum absolute atomic E-state index is 8.77. The van der Waals surface area contributed by atoms with Crippen LogP contribution in [0.2, 0.25) is 0 Å². The zero-order valence-corrected chi connectivity index (χ0v) is 5.36.